The number of hydrogen-bond acceptors (Lipinski definition) is 6. The van der Waals surface area contributed by atoms with Crippen molar-refractivity contribution < 1.29 is 28.8 Å². The van der Waals surface area contributed by atoms with E-state index in [4.69, 9.17) is 18.9 Å². The molecule has 1 saturated heterocycles. The van der Waals surface area contributed by atoms with Crippen molar-refractivity contribution in [1.82, 2.24) is 0 Å². The molecule has 0 amide bonds. The molecular weight excluding hydrogens is 384 g/mol. The van der Waals surface area contributed by atoms with Crippen LogP contribution in [0.1, 0.15) is 46.6 Å². The Labute approximate surface area is 180 Å². The van der Waals surface area contributed by atoms with Crippen LogP contribution in [0, 0.1) is 11.3 Å². The number of allylic oxidation sites excluding steroid dienone is 1. The molecule has 6 heteroatoms. The molecule has 6 nitrogen and oxygen atoms in total. The molecule has 168 valence electrons. The molecule has 1 aliphatic heterocycles. The number of methoxy groups -OCH3 is 1. The van der Waals surface area contributed by atoms with Gasteiger partial charge in [-0.3, -0.25) is 4.79 Å². The van der Waals surface area contributed by atoms with Gasteiger partial charge in [0, 0.05) is 12.3 Å². The zero-order chi connectivity index (χ0) is 22.3. The van der Waals surface area contributed by atoms with Crippen LogP contribution in [0.5, 0.6) is 5.75 Å². The van der Waals surface area contributed by atoms with E-state index in [0.29, 0.717) is 13.0 Å². The van der Waals surface area contributed by atoms with E-state index in [1.807, 2.05) is 43.3 Å². The highest BCUT2D eigenvalue weighted by Crippen LogP contribution is 2.31. The molecule has 1 heterocycles. The minimum Gasteiger partial charge on any atom is -0.497 e. The number of carbonyl (C=O) groups excluding carboxylic acids is 1. The summed E-state index contributed by atoms with van der Waals surface area (Å²) in [7, 11) is 1.64. The summed E-state index contributed by atoms with van der Waals surface area (Å²) in [5.74, 6) is 0.586. The molecule has 5 atom stereocenters. The molecule has 1 aliphatic rings. The lowest BCUT2D eigenvalue weighted by Gasteiger charge is -2.41. The van der Waals surface area contributed by atoms with Crippen LogP contribution in [0.15, 0.2) is 36.4 Å². The molecule has 0 aromatic heterocycles. The van der Waals surface area contributed by atoms with E-state index in [-0.39, 0.29) is 30.7 Å². The second-order valence-corrected chi connectivity index (χ2v) is 8.87. The number of aliphatic hydroxyl groups excluding tert-OH is 1. The Bertz CT molecular complexity index is 691. The van der Waals surface area contributed by atoms with Crippen molar-refractivity contribution in [2.75, 3.05) is 13.7 Å². The van der Waals surface area contributed by atoms with E-state index < -0.39 is 17.6 Å². The van der Waals surface area contributed by atoms with Crippen LogP contribution in [-0.2, 0) is 25.6 Å². The van der Waals surface area contributed by atoms with Gasteiger partial charge in [0.25, 0.3) is 0 Å². The Hall–Kier alpha value is -1.89. The van der Waals surface area contributed by atoms with Crippen LogP contribution >= 0.6 is 0 Å². The predicted octanol–water partition coefficient (Wildman–Crippen LogP) is 3.90. The number of hydrogen-bond donors (Lipinski definition) is 1. The Morgan fingerprint density at radius 2 is 1.97 bits per heavy atom. The summed E-state index contributed by atoms with van der Waals surface area (Å²) in [6.45, 7) is 9.75. The molecule has 1 fully saturated rings. The quantitative estimate of drug-likeness (QED) is 0.508. The second kappa shape index (κ2) is 10.9. The zero-order valence-electron chi connectivity index (χ0n) is 19.0. The molecule has 0 saturated carbocycles. The Morgan fingerprint density at radius 1 is 1.30 bits per heavy atom. The zero-order valence-corrected chi connectivity index (χ0v) is 19.0. The van der Waals surface area contributed by atoms with Crippen LogP contribution in [-0.4, -0.2) is 49.2 Å². The molecule has 0 unspecified atom stereocenters. The van der Waals surface area contributed by atoms with E-state index in [9.17, 15) is 9.90 Å². The van der Waals surface area contributed by atoms with Gasteiger partial charge in [-0.25, -0.2) is 0 Å². The van der Waals surface area contributed by atoms with Crippen LogP contribution in [0.3, 0.4) is 0 Å². The van der Waals surface area contributed by atoms with E-state index >= 15 is 0 Å². The summed E-state index contributed by atoms with van der Waals surface area (Å²) in [5, 5.41) is 10.6. The van der Waals surface area contributed by atoms with Gasteiger partial charge in [0.05, 0.1) is 37.4 Å². The van der Waals surface area contributed by atoms with Gasteiger partial charge >= 0.3 is 5.97 Å². The summed E-state index contributed by atoms with van der Waals surface area (Å²) in [4.78, 5) is 12.0. The predicted molar refractivity (Wildman–Crippen MR) is 115 cm³/mol. The average Bonchev–Trinajstić information content (AvgIpc) is 2.72. The van der Waals surface area contributed by atoms with Crippen molar-refractivity contribution in [3.8, 4) is 5.75 Å². The van der Waals surface area contributed by atoms with Gasteiger partial charge in [-0.2, -0.15) is 0 Å². The minimum absolute atomic E-state index is 0.0943. The molecule has 0 spiro atoms. The van der Waals surface area contributed by atoms with E-state index in [2.05, 4.69) is 6.92 Å². The van der Waals surface area contributed by atoms with Crippen LogP contribution in [0.4, 0.5) is 0 Å². The highest BCUT2D eigenvalue weighted by atomic mass is 16.6. The molecule has 0 aliphatic carbocycles. The molecule has 0 radical (unpaired) electrons. The monoisotopic (exact) mass is 420 g/mol. The molecule has 1 aromatic carbocycles. The lowest BCUT2D eigenvalue weighted by atomic mass is 9.88. The lowest BCUT2D eigenvalue weighted by Crippen LogP contribution is -2.49. The topological polar surface area (TPSA) is 74.2 Å². The van der Waals surface area contributed by atoms with E-state index in [1.165, 1.54) is 0 Å². The molecule has 0 bridgehead atoms. The number of rotatable bonds is 8. The summed E-state index contributed by atoms with van der Waals surface area (Å²) < 4.78 is 22.8. The Balaban J connectivity index is 2.00. The molecule has 1 aromatic rings. The van der Waals surface area contributed by atoms with Crippen LogP contribution in [0.2, 0.25) is 0 Å². The molecule has 30 heavy (non-hydrogen) atoms. The maximum absolute atomic E-state index is 12.0. The summed E-state index contributed by atoms with van der Waals surface area (Å²) in [6.07, 6.45) is 2.78. The maximum atomic E-state index is 12.0. The SMILES string of the molecule is C/C=C/[C@H]1O[C@@H]([C@@H](O)COC(=O)C(C)(C)C)C[C@H](OCc2ccc(OC)cc2)[C@H]1C. The highest BCUT2D eigenvalue weighted by Gasteiger charge is 2.39. The molecular formula is C24H36O6. The summed E-state index contributed by atoms with van der Waals surface area (Å²) in [6, 6.07) is 7.77. The third-order valence-corrected chi connectivity index (χ3v) is 5.33. The molecule has 2 rings (SSSR count). The van der Waals surface area contributed by atoms with Gasteiger partial charge in [-0.05, 0) is 45.4 Å². The summed E-state index contributed by atoms with van der Waals surface area (Å²) in [5.41, 5.74) is 0.437. The average molecular weight is 421 g/mol. The fraction of sp³-hybridized carbons (Fsp3) is 0.625. The smallest absolute Gasteiger partial charge is 0.311 e. The third kappa shape index (κ3) is 6.83. The Kier molecular flexibility index (Phi) is 8.89. The van der Waals surface area contributed by atoms with Crippen molar-refractivity contribution >= 4 is 5.97 Å². The highest BCUT2D eigenvalue weighted by molar-refractivity contribution is 5.75. The summed E-state index contributed by atoms with van der Waals surface area (Å²) >= 11 is 0. The van der Waals surface area contributed by atoms with Crippen molar-refractivity contribution in [3.63, 3.8) is 0 Å². The first-order valence-electron chi connectivity index (χ1n) is 10.5. The molecule has 1 N–H and O–H groups in total. The van der Waals surface area contributed by atoms with Gasteiger partial charge in [0.1, 0.15) is 18.5 Å². The van der Waals surface area contributed by atoms with Crippen molar-refractivity contribution in [3.05, 3.63) is 42.0 Å². The maximum Gasteiger partial charge on any atom is 0.311 e. The van der Waals surface area contributed by atoms with Crippen molar-refractivity contribution in [2.24, 2.45) is 11.3 Å². The van der Waals surface area contributed by atoms with Gasteiger partial charge in [-0.1, -0.05) is 31.2 Å². The number of carbonyl (C=O) groups is 1. The largest absolute Gasteiger partial charge is 0.497 e. The Morgan fingerprint density at radius 3 is 2.53 bits per heavy atom. The normalized spacial score (nSPS) is 25.8. The fourth-order valence-corrected chi connectivity index (χ4v) is 3.32. The lowest BCUT2D eigenvalue weighted by molar-refractivity contribution is -0.181. The van der Waals surface area contributed by atoms with Crippen LogP contribution in [0.25, 0.3) is 0 Å². The second-order valence-electron chi connectivity index (χ2n) is 8.87. The number of aliphatic hydroxyl groups is 1. The van der Waals surface area contributed by atoms with Crippen LogP contribution < -0.4 is 4.74 Å². The first kappa shape index (κ1) is 24.4. The number of esters is 1. The van der Waals surface area contributed by atoms with E-state index in [0.717, 1.165) is 11.3 Å². The van der Waals surface area contributed by atoms with Gasteiger partial charge in [0.2, 0.25) is 0 Å². The van der Waals surface area contributed by atoms with Crippen molar-refractivity contribution in [1.29, 1.82) is 0 Å². The minimum atomic E-state index is -0.913. The first-order valence-corrected chi connectivity index (χ1v) is 10.5. The van der Waals surface area contributed by atoms with E-state index in [1.54, 1.807) is 27.9 Å². The third-order valence-electron chi connectivity index (χ3n) is 5.33. The number of benzene rings is 1. The number of ether oxygens (including phenoxy) is 4. The van der Waals surface area contributed by atoms with Crippen molar-refractivity contribution in [2.45, 2.75) is 72.1 Å². The van der Waals surface area contributed by atoms with Gasteiger partial charge in [0.15, 0.2) is 0 Å². The standard InChI is InChI=1S/C24H36O6/c1-7-8-20-16(2)21(28-14-17-9-11-18(27-6)12-10-17)13-22(30-20)19(25)15-29-23(26)24(3,4)5/h7-12,16,19-22,25H,13-15H2,1-6H3/b8-7+/t16-,19-,20+,21-,22+/m0/s1. The van der Waals surface area contributed by atoms with Gasteiger partial charge < -0.3 is 24.1 Å². The fourth-order valence-electron chi connectivity index (χ4n) is 3.32. The first-order chi connectivity index (χ1) is 14.2. The van der Waals surface area contributed by atoms with Gasteiger partial charge in [-0.15, -0.1) is 0 Å².